The van der Waals surface area contributed by atoms with Crippen molar-refractivity contribution < 1.29 is 5.11 Å². The second-order valence-corrected chi connectivity index (χ2v) is 19.7. The van der Waals surface area contributed by atoms with Gasteiger partial charge in [0.2, 0.25) is 0 Å². The van der Waals surface area contributed by atoms with E-state index >= 15 is 0 Å². The second kappa shape index (κ2) is 11.3. The quantitative estimate of drug-likeness (QED) is 0.369. The van der Waals surface area contributed by atoms with Crippen molar-refractivity contribution in [2.45, 2.75) is 83.1 Å². The molecule has 0 saturated heterocycles. The Bertz CT molecular complexity index is 181. The third-order valence-corrected chi connectivity index (χ3v) is 20.4. The molecule has 0 radical (unpaired) electrons. The van der Waals surface area contributed by atoms with Crippen LogP contribution >= 0.6 is 0 Å². The summed E-state index contributed by atoms with van der Waals surface area (Å²) >= 11 is -2.34. The molecule has 0 fully saturated rings. The zero-order chi connectivity index (χ0) is 13.9. The summed E-state index contributed by atoms with van der Waals surface area (Å²) in [5.74, 6) is 0. The molecule has 0 aromatic carbocycles. The Kier molecular flexibility index (Phi) is 11.6. The van der Waals surface area contributed by atoms with Gasteiger partial charge in [-0.25, -0.2) is 0 Å². The molecule has 1 N–H and O–H groups in total. The maximum atomic E-state index is 10.7. The van der Waals surface area contributed by atoms with E-state index in [-0.39, 0.29) is 4.12 Å². The molecule has 0 spiro atoms. The normalized spacial score (nSPS) is 13.6. The van der Waals surface area contributed by atoms with Gasteiger partial charge in [-0.2, -0.15) is 0 Å². The van der Waals surface area contributed by atoms with Gasteiger partial charge in [-0.15, -0.1) is 0 Å². The average molecular weight is 361 g/mol. The van der Waals surface area contributed by atoms with E-state index in [1.807, 2.05) is 6.08 Å². The Morgan fingerprint density at radius 2 is 1.33 bits per heavy atom. The summed E-state index contributed by atoms with van der Waals surface area (Å²) < 4.78 is 4.18. The number of aliphatic hydroxyl groups is 1. The predicted octanol–water partition coefficient (Wildman–Crippen LogP) is 5.31. The molecule has 1 atom stereocenters. The molecule has 0 bridgehead atoms. The molecule has 0 aromatic rings. The first-order valence-electron chi connectivity index (χ1n) is 7.95. The summed E-state index contributed by atoms with van der Waals surface area (Å²) in [6.07, 6.45) is 10.6. The number of rotatable bonds is 12. The van der Waals surface area contributed by atoms with Crippen LogP contribution < -0.4 is 0 Å². The van der Waals surface area contributed by atoms with Crippen LogP contribution in [0.1, 0.15) is 65.7 Å². The molecule has 1 nitrogen and oxygen atoms in total. The van der Waals surface area contributed by atoms with Gasteiger partial charge in [-0.05, 0) is 0 Å². The van der Waals surface area contributed by atoms with Crippen molar-refractivity contribution in [3.05, 3.63) is 12.7 Å². The molecule has 108 valence electrons. The van der Waals surface area contributed by atoms with E-state index in [9.17, 15) is 5.11 Å². The van der Waals surface area contributed by atoms with Crippen LogP contribution in [-0.2, 0) is 0 Å². The minimum absolute atomic E-state index is 0.0152. The SMILES string of the molecule is C=CC[CH](O)[Sn]([CH2]CCC)([CH2]CCC)[CH2]CCC. The van der Waals surface area contributed by atoms with Crippen LogP contribution in [-0.4, -0.2) is 27.6 Å². The summed E-state index contributed by atoms with van der Waals surface area (Å²) in [7, 11) is 0. The van der Waals surface area contributed by atoms with Gasteiger partial charge in [0.15, 0.2) is 0 Å². The van der Waals surface area contributed by atoms with E-state index in [4.69, 9.17) is 0 Å². The molecule has 0 rings (SSSR count). The Morgan fingerprint density at radius 1 is 0.944 bits per heavy atom. The molecule has 0 saturated carbocycles. The van der Waals surface area contributed by atoms with Gasteiger partial charge in [0.1, 0.15) is 0 Å². The molecule has 2 heteroatoms. The third kappa shape index (κ3) is 6.60. The fourth-order valence-electron chi connectivity index (χ4n) is 2.87. The Hall–Kier alpha value is 0.499. The third-order valence-electron chi connectivity index (χ3n) is 4.18. The van der Waals surface area contributed by atoms with Gasteiger partial charge < -0.3 is 0 Å². The molecule has 0 amide bonds. The molecule has 0 aromatic heterocycles. The van der Waals surface area contributed by atoms with E-state index in [2.05, 4.69) is 27.4 Å². The monoisotopic (exact) mass is 362 g/mol. The van der Waals surface area contributed by atoms with Gasteiger partial charge in [-0.1, -0.05) is 0 Å². The fourth-order valence-corrected chi connectivity index (χ4v) is 18.8. The van der Waals surface area contributed by atoms with Gasteiger partial charge in [0, 0.05) is 0 Å². The summed E-state index contributed by atoms with van der Waals surface area (Å²) in [4.78, 5) is 0. The number of hydrogen-bond acceptors (Lipinski definition) is 1. The van der Waals surface area contributed by atoms with Crippen molar-refractivity contribution in [2.24, 2.45) is 0 Å². The van der Waals surface area contributed by atoms with E-state index in [1.165, 1.54) is 51.8 Å². The van der Waals surface area contributed by atoms with Crippen LogP contribution in [0.2, 0.25) is 13.3 Å². The fraction of sp³-hybridized carbons (Fsp3) is 0.875. The van der Waals surface area contributed by atoms with Gasteiger partial charge in [0.25, 0.3) is 0 Å². The molecule has 0 aliphatic rings. The molecule has 0 heterocycles. The molecule has 1 unspecified atom stereocenters. The maximum absolute atomic E-state index is 10.7. The summed E-state index contributed by atoms with van der Waals surface area (Å²) in [6, 6.07) is 0. The molecule has 18 heavy (non-hydrogen) atoms. The van der Waals surface area contributed by atoms with Crippen LogP contribution in [0.3, 0.4) is 0 Å². The van der Waals surface area contributed by atoms with Crippen LogP contribution in [0.5, 0.6) is 0 Å². The van der Waals surface area contributed by atoms with Crippen LogP contribution in [0.15, 0.2) is 12.7 Å². The van der Waals surface area contributed by atoms with Crippen LogP contribution in [0, 0.1) is 0 Å². The van der Waals surface area contributed by atoms with E-state index < -0.39 is 18.4 Å². The second-order valence-electron chi connectivity index (χ2n) is 5.71. The zero-order valence-electron chi connectivity index (χ0n) is 12.9. The van der Waals surface area contributed by atoms with Crippen molar-refractivity contribution in [3.8, 4) is 0 Å². The van der Waals surface area contributed by atoms with E-state index in [1.54, 1.807) is 0 Å². The Morgan fingerprint density at radius 3 is 1.61 bits per heavy atom. The van der Waals surface area contributed by atoms with Gasteiger partial charge in [-0.3, -0.25) is 0 Å². The molecular weight excluding hydrogens is 327 g/mol. The van der Waals surface area contributed by atoms with Crippen molar-refractivity contribution in [1.82, 2.24) is 0 Å². The Labute approximate surface area is 119 Å². The molecule has 0 aliphatic heterocycles. The Balaban J connectivity index is 4.77. The molecule has 0 aliphatic carbocycles. The summed E-state index contributed by atoms with van der Waals surface area (Å²) in [6.45, 7) is 10.7. The van der Waals surface area contributed by atoms with E-state index in [0.29, 0.717) is 0 Å². The summed E-state index contributed by atoms with van der Waals surface area (Å²) in [5.41, 5.74) is 0. The van der Waals surface area contributed by atoms with Gasteiger partial charge in [0.05, 0.1) is 0 Å². The van der Waals surface area contributed by atoms with Crippen molar-refractivity contribution in [3.63, 3.8) is 0 Å². The summed E-state index contributed by atoms with van der Waals surface area (Å²) in [5, 5.41) is 10.7. The topological polar surface area (TPSA) is 20.2 Å². The van der Waals surface area contributed by atoms with Crippen molar-refractivity contribution in [2.75, 3.05) is 0 Å². The zero-order valence-corrected chi connectivity index (χ0v) is 15.7. The predicted molar refractivity (Wildman–Crippen MR) is 85.7 cm³/mol. The average Bonchev–Trinajstić information content (AvgIpc) is 2.38. The minimum atomic E-state index is -2.34. The van der Waals surface area contributed by atoms with Crippen molar-refractivity contribution >= 4 is 18.4 Å². The van der Waals surface area contributed by atoms with Gasteiger partial charge >= 0.3 is 119 Å². The standard InChI is InChI=1S/C4H7O.3C4H9.Sn/c1-2-3-4-5;3*1-3-4-2;/h2,4-5H,1,3H2;3*1,3-4H2,2H3;. The molecular formula is C16H34OSn. The van der Waals surface area contributed by atoms with Crippen molar-refractivity contribution in [1.29, 1.82) is 0 Å². The number of aliphatic hydroxyl groups excluding tert-OH is 1. The first-order valence-corrected chi connectivity index (χ1v) is 15.7. The van der Waals surface area contributed by atoms with Crippen LogP contribution in [0.25, 0.3) is 0 Å². The number of hydrogen-bond donors (Lipinski definition) is 1. The van der Waals surface area contributed by atoms with E-state index in [0.717, 1.165) is 6.42 Å². The van der Waals surface area contributed by atoms with Crippen LogP contribution in [0.4, 0.5) is 0 Å². The number of unbranched alkanes of at least 4 members (excludes halogenated alkanes) is 3. The first-order chi connectivity index (χ1) is 8.66. The first kappa shape index (κ1) is 18.5.